The summed E-state index contributed by atoms with van der Waals surface area (Å²) in [6, 6.07) is 0.163. The van der Waals surface area contributed by atoms with E-state index in [1.54, 1.807) is 0 Å². The van der Waals surface area contributed by atoms with Gasteiger partial charge in [0.1, 0.15) is 0 Å². The van der Waals surface area contributed by atoms with Gasteiger partial charge in [-0.1, -0.05) is 18.4 Å². The fourth-order valence-corrected chi connectivity index (χ4v) is 0.747. The van der Waals surface area contributed by atoms with Gasteiger partial charge in [0, 0.05) is 6.42 Å². The molecule has 1 heterocycles. The summed E-state index contributed by atoms with van der Waals surface area (Å²) in [6.45, 7) is 2.03. The summed E-state index contributed by atoms with van der Waals surface area (Å²) in [7, 11) is 0. The Hall–Kier alpha value is -1.39. The summed E-state index contributed by atoms with van der Waals surface area (Å²) in [4.78, 5) is 11.0. The number of carbonyl (C=O) groups is 1. The normalized spacial score (nSPS) is 9.75. The molecule has 0 aliphatic rings. The van der Waals surface area contributed by atoms with Crippen LogP contribution >= 0.6 is 0 Å². The van der Waals surface area contributed by atoms with Crippen molar-refractivity contribution in [3.05, 3.63) is 6.39 Å². The Balaban J connectivity index is 2.27. The molecular formula is C7H11N3O2. The van der Waals surface area contributed by atoms with Gasteiger partial charge < -0.3 is 4.42 Å². The van der Waals surface area contributed by atoms with Crippen molar-refractivity contribution in [2.45, 2.75) is 26.2 Å². The largest absolute Gasteiger partial charge is 0.411 e. The van der Waals surface area contributed by atoms with Crippen molar-refractivity contribution < 1.29 is 9.21 Å². The monoisotopic (exact) mass is 169 g/mol. The molecule has 0 unspecified atom stereocenters. The Morgan fingerprint density at radius 2 is 2.58 bits per heavy atom. The second kappa shape index (κ2) is 4.48. The number of amides is 1. The molecule has 0 bridgehead atoms. The Bertz CT molecular complexity index is 233. The predicted octanol–water partition coefficient (Wildman–Crippen LogP) is 1.20. The molecule has 1 aromatic heterocycles. The number of anilines is 1. The molecule has 66 valence electrons. The predicted molar refractivity (Wildman–Crippen MR) is 42.5 cm³/mol. The summed E-state index contributed by atoms with van der Waals surface area (Å²) < 4.78 is 4.73. The Kier molecular flexibility index (Phi) is 3.25. The highest BCUT2D eigenvalue weighted by molar-refractivity contribution is 5.88. The van der Waals surface area contributed by atoms with Gasteiger partial charge in [-0.05, 0) is 6.42 Å². The van der Waals surface area contributed by atoms with Crippen LogP contribution in [0.25, 0.3) is 0 Å². The molecule has 12 heavy (non-hydrogen) atoms. The maximum Gasteiger partial charge on any atom is 0.322 e. The van der Waals surface area contributed by atoms with Gasteiger partial charge in [0.25, 0.3) is 0 Å². The first kappa shape index (κ1) is 8.70. The zero-order valence-corrected chi connectivity index (χ0v) is 6.91. The minimum atomic E-state index is -0.0823. The van der Waals surface area contributed by atoms with Crippen molar-refractivity contribution in [2.75, 3.05) is 5.32 Å². The van der Waals surface area contributed by atoms with Crippen LogP contribution in [-0.2, 0) is 4.79 Å². The molecule has 0 fully saturated rings. The topological polar surface area (TPSA) is 68.0 Å². The van der Waals surface area contributed by atoms with Crippen molar-refractivity contribution in [3.8, 4) is 0 Å². The average molecular weight is 169 g/mol. The molecule has 0 spiro atoms. The quantitative estimate of drug-likeness (QED) is 0.735. The zero-order valence-electron chi connectivity index (χ0n) is 6.91. The molecule has 0 saturated carbocycles. The lowest BCUT2D eigenvalue weighted by Gasteiger charge is -1.97. The van der Waals surface area contributed by atoms with Crippen LogP contribution in [0.3, 0.4) is 0 Å². The summed E-state index contributed by atoms with van der Waals surface area (Å²) >= 11 is 0. The SMILES string of the molecule is CCCCC(=O)Nc1nnco1. The smallest absolute Gasteiger partial charge is 0.322 e. The first-order chi connectivity index (χ1) is 5.83. The van der Waals surface area contributed by atoms with E-state index in [1.165, 1.54) is 6.39 Å². The van der Waals surface area contributed by atoms with Gasteiger partial charge in [0.2, 0.25) is 12.3 Å². The first-order valence-electron chi connectivity index (χ1n) is 3.89. The summed E-state index contributed by atoms with van der Waals surface area (Å²) in [5.74, 6) is -0.0823. The van der Waals surface area contributed by atoms with Crippen LogP contribution in [0.4, 0.5) is 6.01 Å². The van der Waals surface area contributed by atoms with Crippen LogP contribution in [0.2, 0.25) is 0 Å². The maximum absolute atomic E-state index is 11.0. The molecule has 0 aliphatic carbocycles. The third kappa shape index (κ3) is 2.69. The molecule has 0 radical (unpaired) electrons. The molecule has 5 nitrogen and oxygen atoms in total. The van der Waals surface area contributed by atoms with Gasteiger partial charge in [-0.15, -0.1) is 5.10 Å². The first-order valence-corrected chi connectivity index (χ1v) is 3.89. The fourth-order valence-electron chi connectivity index (χ4n) is 0.747. The highest BCUT2D eigenvalue weighted by Crippen LogP contribution is 2.01. The minimum absolute atomic E-state index is 0.0823. The van der Waals surface area contributed by atoms with Crippen LogP contribution in [0, 0.1) is 0 Å². The number of nitrogens with one attached hydrogen (secondary N) is 1. The lowest BCUT2D eigenvalue weighted by molar-refractivity contribution is -0.116. The van der Waals surface area contributed by atoms with Gasteiger partial charge in [0.15, 0.2) is 0 Å². The number of rotatable bonds is 4. The van der Waals surface area contributed by atoms with Crippen molar-refractivity contribution in [1.82, 2.24) is 10.2 Å². The van der Waals surface area contributed by atoms with E-state index in [1.807, 2.05) is 6.92 Å². The molecule has 5 heteroatoms. The lowest BCUT2D eigenvalue weighted by atomic mass is 10.2. The molecular weight excluding hydrogens is 158 g/mol. The second-order valence-corrected chi connectivity index (χ2v) is 2.40. The van der Waals surface area contributed by atoms with Gasteiger partial charge in [-0.2, -0.15) is 0 Å². The van der Waals surface area contributed by atoms with Crippen LogP contribution in [0.15, 0.2) is 10.8 Å². The van der Waals surface area contributed by atoms with E-state index in [-0.39, 0.29) is 11.9 Å². The van der Waals surface area contributed by atoms with E-state index in [0.717, 1.165) is 12.8 Å². The molecule has 1 aromatic rings. The lowest BCUT2D eigenvalue weighted by Crippen LogP contribution is -2.11. The molecule has 1 N–H and O–H groups in total. The zero-order chi connectivity index (χ0) is 8.81. The van der Waals surface area contributed by atoms with E-state index in [4.69, 9.17) is 4.42 Å². The van der Waals surface area contributed by atoms with E-state index in [9.17, 15) is 4.79 Å². The molecule has 1 amide bonds. The number of unbranched alkanes of at least 4 members (excludes halogenated alkanes) is 1. The van der Waals surface area contributed by atoms with Crippen molar-refractivity contribution in [3.63, 3.8) is 0 Å². The van der Waals surface area contributed by atoms with E-state index in [2.05, 4.69) is 15.5 Å². The summed E-state index contributed by atoms with van der Waals surface area (Å²) in [6.07, 6.45) is 3.55. The average Bonchev–Trinajstić information content (AvgIpc) is 2.53. The molecule has 0 saturated heterocycles. The number of hydrogen-bond acceptors (Lipinski definition) is 4. The Labute approximate surface area is 70.2 Å². The van der Waals surface area contributed by atoms with Gasteiger partial charge in [0.05, 0.1) is 0 Å². The number of nitrogens with zero attached hydrogens (tertiary/aromatic N) is 2. The molecule has 1 rings (SSSR count). The van der Waals surface area contributed by atoms with Gasteiger partial charge in [-0.3, -0.25) is 10.1 Å². The third-order valence-corrected chi connectivity index (χ3v) is 1.36. The van der Waals surface area contributed by atoms with Crippen LogP contribution in [-0.4, -0.2) is 16.1 Å². The maximum atomic E-state index is 11.0. The van der Waals surface area contributed by atoms with E-state index < -0.39 is 0 Å². The molecule has 0 aliphatic heterocycles. The summed E-state index contributed by atoms with van der Waals surface area (Å²) in [5.41, 5.74) is 0. The number of aromatic nitrogens is 2. The van der Waals surface area contributed by atoms with Crippen LogP contribution in [0.1, 0.15) is 26.2 Å². The molecule has 0 aromatic carbocycles. The number of hydrogen-bond donors (Lipinski definition) is 1. The van der Waals surface area contributed by atoms with Crippen molar-refractivity contribution >= 4 is 11.9 Å². The van der Waals surface area contributed by atoms with Gasteiger partial charge in [-0.25, -0.2) is 0 Å². The van der Waals surface area contributed by atoms with E-state index in [0.29, 0.717) is 6.42 Å². The van der Waals surface area contributed by atoms with Crippen molar-refractivity contribution in [2.24, 2.45) is 0 Å². The Morgan fingerprint density at radius 3 is 3.17 bits per heavy atom. The van der Waals surface area contributed by atoms with Crippen molar-refractivity contribution in [1.29, 1.82) is 0 Å². The third-order valence-electron chi connectivity index (χ3n) is 1.36. The Morgan fingerprint density at radius 1 is 1.75 bits per heavy atom. The summed E-state index contributed by atoms with van der Waals surface area (Å²) in [5, 5.41) is 9.42. The van der Waals surface area contributed by atoms with E-state index >= 15 is 0 Å². The fraction of sp³-hybridized carbons (Fsp3) is 0.571. The van der Waals surface area contributed by atoms with Gasteiger partial charge >= 0.3 is 6.01 Å². The standard InChI is InChI=1S/C7H11N3O2/c1-2-3-4-6(11)9-7-10-8-5-12-7/h5H,2-4H2,1H3,(H,9,10,11). The second-order valence-electron chi connectivity index (χ2n) is 2.40. The molecule has 0 atom stereocenters. The number of carbonyl (C=O) groups excluding carboxylic acids is 1. The highest BCUT2D eigenvalue weighted by atomic mass is 16.4. The minimum Gasteiger partial charge on any atom is -0.411 e. The highest BCUT2D eigenvalue weighted by Gasteiger charge is 2.03. The van der Waals surface area contributed by atoms with Crippen LogP contribution < -0.4 is 5.32 Å². The van der Waals surface area contributed by atoms with Crippen LogP contribution in [0.5, 0.6) is 0 Å².